The highest BCUT2D eigenvalue weighted by molar-refractivity contribution is 7.18. The van der Waals surface area contributed by atoms with Gasteiger partial charge in [-0.15, -0.1) is 0 Å². The molecule has 2 rings (SSSR count). The Morgan fingerprint density at radius 3 is 2.81 bits per heavy atom. The highest BCUT2D eigenvalue weighted by atomic mass is 32.1. The first-order chi connectivity index (χ1) is 9.99. The summed E-state index contributed by atoms with van der Waals surface area (Å²) in [5.74, 6) is 0.148. The summed E-state index contributed by atoms with van der Waals surface area (Å²) < 4.78 is 5.31. The number of nitrogen functional groups attached to an aromatic ring is 1. The molecule has 1 aromatic rings. The maximum Gasteiger partial charge on any atom is 0.265 e. The van der Waals surface area contributed by atoms with E-state index in [-0.39, 0.29) is 11.9 Å². The Balaban J connectivity index is 1.99. The van der Waals surface area contributed by atoms with Crippen molar-refractivity contribution in [1.29, 1.82) is 0 Å². The van der Waals surface area contributed by atoms with Crippen LogP contribution in [0.4, 0.5) is 10.9 Å². The van der Waals surface area contributed by atoms with Crippen LogP contribution in [0.3, 0.4) is 0 Å². The number of amides is 1. The van der Waals surface area contributed by atoms with Gasteiger partial charge >= 0.3 is 0 Å². The molecule has 0 aromatic carbocycles. The molecular weight excluding hydrogens is 290 g/mol. The van der Waals surface area contributed by atoms with E-state index < -0.39 is 0 Å². The lowest BCUT2D eigenvalue weighted by atomic mass is 10.3. The van der Waals surface area contributed by atoms with Crippen LogP contribution in [0, 0.1) is 0 Å². The van der Waals surface area contributed by atoms with Gasteiger partial charge < -0.3 is 25.6 Å². The third-order valence-corrected chi connectivity index (χ3v) is 4.70. The number of hydrogen-bond acceptors (Lipinski definition) is 7. The summed E-state index contributed by atoms with van der Waals surface area (Å²) in [4.78, 5) is 21.2. The fraction of sp³-hybridized carbons (Fsp3) is 0.692. The van der Waals surface area contributed by atoms with Crippen molar-refractivity contribution < 1.29 is 9.53 Å². The minimum absolute atomic E-state index is 0.154. The molecule has 0 bridgehead atoms. The number of anilines is 2. The Morgan fingerprint density at radius 2 is 2.19 bits per heavy atom. The minimum Gasteiger partial charge on any atom is -0.382 e. The number of hydrogen-bond donors (Lipinski definition) is 2. The van der Waals surface area contributed by atoms with Crippen molar-refractivity contribution in [3.8, 4) is 0 Å². The van der Waals surface area contributed by atoms with Crippen molar-refractivity contribution in [1.82, 2.24) is 15.2 Å². The zero-order chi connectivity index (χ0) is 15.4. The number of nitrogens with one attached hydrogen (secondary N) is 1. The van der Waals surface area contributed by atoms with Gasteiger partial charge in [0.2, 0.25) is 0 Å². The maximum atomic E-state index is 12.2. The van der Waals surface area contributed by atoms with E-state index in [1.165, 1.54) is 11.3 Å². The van der Waals surface area contributed by atoms with Gasteiger partial charge in [0.05, 0.1) is 13.2 Å². The van der Waals surface area contributed by atoms with Gasteiger partial charge in [-0.25, -0.2) is 4.98 Å². The molecule has 0 aliphatic carbocycles. The Labute approximate surface area is 129 Å². The molecule has 0 radical (unpaired) electrons. The van der Waals surface area contributed by atoms with Crippen LogP contribution >= 0.6 is 11.3 Å². The van der Waals surface area contributed by atoms with Crippen molar-refractivity contribution in [2.45, 2.75) is 13.0 Å². The normalized spacial score (nSPS) is 17.0. The zero-order valence-electron chi connectivity index (χ0n) is 12.8. The van der Waals surface area contributed by atoms with Crippen LogP contribution in [-0.2, 0) is 4.74 Å². The third-order valence-electron chi connectivity index (χ3n) is 3.57. The monoisotopic (exact) mass is 313 g/mol. The van der Waals surface area contributed by atoms with E-state index in [1.807, 2.05) is 14.1 Å². The van der Waals surface area contributed by atoms with Crippen LogP contribution in [0.1, 0.15) is 16.6 Å². The number of likely N-dealkylation sites (N-methyl/N-ethyl adjacent to an activating group) is 1. The molecule has 1 saturated heterocycles. The van der Waals surface area contributed by atoms with Crippen molar-refractivity contribution in [2.75, 3.05) is 57.6 Å². The molecule has 8 heteroatoms. The van der Waals surface area contributed by atoms with Gasteiger partial charge in [-0.1, -0.05) is 11.3 Å². The second kappa shape index (κ2) is 7.06. The predicted octanol–water partition coefficient (Wildman–Crippen LogP) is 0.242. The Bertz CT molecular complexity index is 485. The predicted molar refractivity (Wildman–Crippen MR) is 85.0 cm³/mol. The fourth-order valence-electron chi connectivity index (χ4n) is 1.88. The van der Waals surface area contributed by atoms with E-state index in [4.69, 9.17) is 10.5 Å². The average Bonchev–Trinajstić information content (AvgIpc) is 2.87. The lowest BCUT2D eigenvalue weighted by Gasteiger charge is -2.25. The summed E-state index contributed by atoms with van der Waals surface area (Å²) in [5.41, 5.74) is 5.89. The lowest BCUT2D eigenvalue weighted by Crippen LogP contribution is -2.38. The molecule has 1 atom stereocenters. The summed E-state index contributed by atoms with van der Waals surface area (Å²) in [6.07, 6.45) is 0. The van der Waals surface area contributed by atoms with Crippen LogP contribution < -0.4 is 16.0 Å². The lowest BCUT2D eigenvalue weighted by molar-refractivity contribution is 0.0948. The van der Waals surface area contributed by atoms with Crippen LogP contribution in [0.25, 0.3) is 0 Å². The number of ether oxygens (including phenoxy) is 1. The van der Waals surface area contributed by atoms with Gasteiger partial charge in [0.15, 0.2) is 5.13 Å². The molecule has 0 saturated carbocycles. The number of carbonyl (C=O) groups is 1. The average molecular weight is 313 g/mol. The van der Waals surface area contributed by atoms with Crippen molar-refractivity contribution in [2.24, 2.45) is 0 Å². The number of nitrogens with two attached hydrogens (primary N) is 1. The van der Waals surface area contributed by atoms with E-state index in [0.29, 0.717) is 30.5 Å². The fourth-order valence-corrected chi connectivity index (χ4v) is 2.83. The second-order valence-electron chi connectivity index (χ2n) is 5.33. The van der Waals surface area contributed by atoms with Gasteiger partial charge in [-0.2, -0.15) is 0 Å². The molecule has 21 heavy (non-hydrogen) atoms. The summed E-state index contributed by atoms with van der Waals surface area (Å²) in [5, 5.41) is 3.70. The number of morpholine rings is 1. The Hall–Kier alpha value is -1.38. The summed E-state index contributed by atoms with van der Waals surface area (Å²) in [6, 6.07) is 0.266. The van der Waals surface area contributed by atoms with E-state index in [2.05, 4.69) is 27.0 Å². The molecule has 118 valence electrons. The Morgan fingerprint density at radius 1 is 1.52 bits per heavy atom. The van der Waals surface area contributed by atoms with E-state index in [0.717, 1.165) is 18.2 Å². The molecule has 1 fully saturated rings. The molecule has 1 aromatic heterocycles. The highest BCUT2D eigenvalue weighted by Crippen LogP contribution is 2.28. The summed E-state index contributed by atoms with van der Waals surface area (Å²) >= 11 is 1.34. The van der Waals surface area contributed by atoms with Crippen LogP contribution in [0.15, 0.2) is 0 Å². The first kappa shape index (κ1) is 16.0. The quantitative estimate of drug-likeness (QED) is 0.810. The van der Waals surface area contributed by atoms with Gasteiger partial charge in [0, 0.05) is 25.7 Å². The van der Waals surface area contributed by atoms with Crippen LogP contribution in [-0.4, -0.2) is 68.8 Å². The number of thiazole rings is 1. The molecule has 7 nitrogen and oxygen atoms in total. The third kappa shape index (κ3) is 4.05. The van der Waals surface area contributed by atoms with E-state index in [9.17, 15) is 4.79 Å². The minimum atomic E-state index is -0.154. The second-order valence-corrected chi connectivity index (χ2v) is 6.31. The topological polar surface area (TPSA) is 83.7 Å². The smallest absolute Gasteiger partial charge is 0.265 e. The maximum absolute atomic E-state index is 12.2. The van der Waals surface area contributed by atoms with Crippen molar-refractivity contribution >= 4 is 28.2 Å². The molecule has 0 spiro atoms. The van der Waals surface area contributed by atoms with Gasteiger partial charge in [-0.05, 0) is 21.0 Å². The standard InChI is InChI=1S/C13H23N5O2S/c1-9(17(2)3)8-15-12(19)10-11(14)16-13(21-10)18-4-6-20-7-5-18/h9H,4-8,14H2,1-3H3,(H,15,19). The molecule has 1 unspecified atom stereocenters. The molecule has 1 aliphatic heterocycles. The number of nitrogens with zero attached hydrogens (tertiary/aromatic N) is 3. The Kier molecular flexibility index (Phi) is 5.38. The zero-order valence-corrected chi connectivity index (χ0v) is 13.6. The van der Waals surface area contributed by atoms with Crippen molar-refractivity contribution in [3.63, 3.8) is 0 Å². The SMILES string of the molecule is CC(CNC(=O)c1sc(N2CCOCC2)nc1N)N(C)C. The largest absolute Gasteiger partial charge is 0.382 e. The van der Waals surface area contributed by atoms with Gasteiger partial charge in [0.1, 0.15) is 10.7 Å². The number of aromatic nitrogens is 1. The molecule has 3 N–H and O–H groups in total. The first-order valence-corrected chi connectivity index (χ1v) is 7.84. The number of rotatable bonds is 5. The molecule has 1 amide bonds. The molecule has 1 aliphatic rings. The summed E-state index contributed by atoms with van der Waals surface area (Å²) in [7, 11) is 3.96. The molecular formula is C13H23N5O2S. The van der Waals surface area contributed by atoms with Crippen LogP contribution in [0.2, 0.25) is 0 Å². The van der Waals surface area contributed by atoms with Gasteiger partial charge in [0.25, 0.3) is 5.91 Å². The molecule has 2 heterocycles. The van der Waals surface area contributed by atoms with E-state index >= 15 is 0 Å². The highest BCUT2D eigenvalue weighted by Gasteiger charge is 2.21. The first-order valence-electron chi connectivity index (χ1n) is 7.02. The van der Waals surface area contributed by atoms with Crippen LogP contribution in [0.5, 0.6) is 0 Å². The van der Waals surface area contributed by atoms with Gasteiger partial charge in [-0.3, -0.25) is 4.79 Å². The number of carbonyl (C=O) groups excluding carboxylic acids is 1. The van der Waals surface area contributed by atoms with E-state index in [1.54, 1.807) is 0 Å². The summed E-state index contributed by atoms with van der Waals surface area (Å²) in [6.45, 7) is 5.56. The van der Waals surface area contributed by atoms with Crippen molar-refractivity contribution in [3.05, 3.63) is 4.88 Å².